The molecule has 0 saturated heterocycles. The van der Waals surface area contributed by atoms with Crippen molar-refractivity contribution in [1.82, 2.24) is 4.98 Å². The van der Waals surface area contributed by atoms with Crippen LogP contribution in [0, 0.1) is 13.8 Å². The Morgan fingerprint density at radius 1 is 1.06 bits per heavy atom. The van der Waals surface area contributed by atoms with Crippen molar-refractivity contribution >= 4 is 51.0 Å². The first-order valence-electron chi connectivity index (χ1n) is 10.2. The number of hydrogen-bond donors (Lipinski definition) is 2. The lowest BCUT2D eigenvalue weighted by Gasteiger charge is -2.10. The second-order valence-electron chi connectivity index (χ2n) is 7.21. The number of pyridine rings is 1. The van der Waals surface area contributed by atoms with Gasteiger partial charge in [-0.2, -0.15) is 0 Å². The topological polar surface area (TPSA) is 147 Å². The average molecular weight is 486 g/mol. The first kappa shape index (κ1) is 24.8. The number of fused-ring (bicyclic) bond motifs is 1. The smallest absolute Gasteiger partial charge is 0.341 e. The van der Waals surface area contributed by atoms with Gasteiger partial charge in [-0.15, -0.1) is 11.3 Å². The minimum Gasteiger partial charge on any atom is -0.460 e. The van der Waals surface area contributed by atoms with Crippen molar-refractivity contribution in [2.45, 2.75) is 13.8 Å². The lowest BCUT2D eigenvalue weighted by molar-refractivity contribution is -0.119. The largest absolute Gasteiger partial charge is 0.460 e. The molecule has 3 N–H and O–H groups in total. The molecule has 0 radical (unpaired) electrons. The average Bonchev–Trinajstić information content (AvgIpc) is 3.12. The molecule has 2 aromatic heterocycles. The molecule has 3 aromatic rings. The molecule has 0 fully saturated rings. The van der Waals surface area contributed by atoms with Gasteiger partial charge in [0.05, 0.1) is 28.1 Å². The van der Waals surface area contributed by atoms with Crippen LogP contribution in [0.5, 0.6) is 0 Å². The number of thiophene rings is 1. The van der Waals surface area contributed by atoms with E-state index in [9.17, 15) is 19.2 Å². The summed E-state index contributed by atoms with van der Waals surface area (Å²) in [5.74, 6) is -2.90. The van der Waals surface area contributed by atoms with E-state index in [1.165, 1.54) is 14.0 Å². The molecular weight excluding hydrogens is 462 g/mol. The van der Waals surface area contributed by atoms with Crippen LogP contribution < -0.4 is 11.1 Å². The van der Waals surface area contributed by atoms with E-state index in [1.54, 1.807) is 37.3 Å². The summed E-state index contributed by atoms with van der Waals surface area (Å²) in [7, 11) is 1.46. The van der Waals surface area contributed by atoms with Crippen LogP contribution in [0.2, 0.25) is 0 Å². The molecule has 11 heteroatoms. The first-order chi connectivity index (χ1) is 16.2. The molecule has 10 nitrogen and oxygen atoms in total. The number of nitrogens with zero attached hydrogens (tertiary/aromatic N) is 1. The second kappa shape index (κ2) is 10.9. The Hall–Kier alpha value is -3.83. The summed E-state index contributed by atoms with van der Waals surface area (Å²) in [5.41, 5.74) is 7.20. The predicted octanol–water partition coefficient (Wildman–Crippen LogP) is 2.61. The maximum Gasteiger partial charge on any atom is 0.341 e. The van der Waals surface area contributed by atoms with Crippen molar-refractivity contribution in [2.24, 2.45) is 5.73 Å². The summed E-state index contributed by atoms with van der Waals surface area (Å²) in [5, 5.41) is 3.17. The number of nitrogens with one attached hydrogen (secondary N) is 1. The Bertz CT molecular complexity index is 1270. The zero-order valence-corrected chi connectivity index (χ0v) is 19.6. The number of aryl methyl sites for hydroxylation is 1. The molecular formula is C23H23N3O7S. The number of primary amides is 1. The van der Waals surface area contributed by atoms with E-state index in [2.05, 4.69) is 10.3 Å². The van der Waals surface area contributed by atoms with Crippen molar-refractivity contribution < 1.29 is 33.4 Å². The number of aromatic nitrogens is 1. The lowest BCUT2D eigenvalue weighted by Crippen LogP contribution is -2.22. The fraction of sp³-hybridized carbons (Fsp3) is 0.261. The number of nitrogens with two attached hydrogens (primary N) is 1. The van der Waals surface area contributed by atoms with Gasteiger partial charge in [0.1, 0.15) is 11.6 Å². The third-order valence-corrected chi connectivity index (χ3v) is 5.97. The molecule has 3 rings (SSSR count). The summed E-state index contributed by atoms with van der Waals surface area (Å²) in [4.78, 5) is 53.9. The standard InChI is InChI=1S/C23H23N3O7S/c1-12-10-15(14-6-4-5-7-16(14)25-12)22(29)33-11-17(27)26-21-18(23(30)32-9-8-31-3)13(2)19(34-21)20(24)28/h4-7,10H,8-9,11H2,1-3H3,(H2,24,28)(H,26,27). The van der Waals surface area contributed by atoms with Gasteiger partial charge in [0.2, 0.25) is 0 Å². The molecule has 0 aliphatic heterocycles. The minimum atomic E-state index is -0.750. The highest BCUT2D eigenvalue weighted by atomic mass is 32.1. The summed E-state index contributed by atoms with van der Waals surface area (Å²) in [6, 6.07) is 8.66. The SMILES string of the molecule is COCCOC(=O)c1c(NC(=O)COC(=O)c2cc(C)nc3ccccc23)sc(C(N)=O)c1C. The van der Waals surface area contributed by atoms with Crippen molar-refractivity contribution in [3.8, 4) is 0 Å². The Balaban J connectivity index is 1.75. The molecule has 0 bridgehead atoms. The number of hydrogen-bond acceptors (Lipinski definition) is 9. The van der Waals surface area contributed by atoms with Gasteiger partial charge >= 0.3 is 11.9 Å². The second-order valence-corrected chi connectivity index (χ2v) is 8.23. The van der Waals surface area contributed by atoms with Gasteiger partial charge in [0.15, 0.2) is 6.61 Å². The van der Waals surface area contributed by atoms with Crippen molar-refractivity contribution in [3.05, 3.63) is 57.6 Å². The molecule has 0 aliphatic rings. The summed E-state index contributed by atoms with van der Waals surface area (Å²) in [6.45, 7) is 2.82. The minimum absolute atomic E-state index is 0.00494. The van der Waals surface area contributed by atoms with Crippen LogP contribution >= 0.6 is 11.3 Å². The number of ether oxygens (including phenoxy) is 3. The number of anilines is 1. The fourth-order valence-corrected chi connectivity index (χ4v) is 4.28. The quantitative estimate of drug-likeness (QED) is 0.347. The van der Waals surface area contributed by atoms with Gasteiger partial charge in [-0.05, 0) is 31.5 Å². The maximum absolute atomic E-state index is 12.7. The molecule has 178 valence electrons. The van der Waals surface area contributed by atoms with Crippen molar-refractivity contribution in [2.75, 3.05) is 32.2 Å². The van der Waals surface area contributed by atoms with Crippen LogP contribution in [0.1, 0.15) is 41.6 Å². The third kappa shape index (κ3) is 5.56. The Morgan fingerprint density at radius 2 is 1.79 bits per heavy atom. The van der Waals surface area contributed by atoms with Gasteiger partial charge in [0, 0.05) is 18.2 Å². The van der Waals surface area contributed by atoms with E-state index in [4.69, 9.17) is 19.9 Å². The molecule has 1 aromatic carbocycles. The van der Waals surface area contributed by atoms with Gasteiger partial charge < -0.3 is 25.3 Å². The summed E-state index contributed by atoms with van der Waals surface area (Å²) in [6.07, 6.45) is 0. The Morgan fingerprint density at radius 3 is 2.50 bits per heavy atom. The van der Waals surface area contributed by atoms with E-state index in [0.717, 1.165) is 11.3 Å². The van der Waals surface area contributed by atoms with Crippen LogP contribution in [-0.4, -0.2) is 55.7 Å². The fourth-order valence-electron chi connectivity index (χ4n) is 3.22. The highest BCUT2D eigenvalue weighted by molar-refractivity contribution is 7.18. The van der Waals surface area contributed by atoms with Crippen molar-refractivity contribution in [1.29, 1.82) is 0 Å². The molecule has 0 atom stereocenters. The first-order valence-corrected chi connectivity index (χ1v) is 11.0. The normalized spacial score (nSPS) is 10.7. The molecule has 0 spiro atoms. The zero-order valence-electron chi connectivity index (χ0n) is 18.8. The predicted molar refractivity (Wildman–Crippen MR) is 125 cm³/mol. The number of rotatable bonds is 9. The molecule has 0 saturated carbocycles. The number of amides is 2. The van der Waals surface area contributed by atoms with Crippen LogP contribution in [0.25, 0.3) is 10.9 Å². The van der Waals surface area contributed by atoms with Crippen LogP contribution in [0.4, 0.5) is 5.00 Å². The molecule has 0 unspecified atom stereocenters. The number of carbonyl (C=O) groups excluding carboxylic acids is 4. The highest BCUT2D eigenvalue weighted by Crippen LogP contribution is 2.33. The lowest BCUT2D eigenvalue weighted by atomic mass is 10.1. The van der Waals surface area contributed by atoms with Gasteiger partial charge in [-0.1, -0.05) is 18.2 Å². The molecule has 2 heterocycles. The number of carbonyl (C=O) groups is 4. The van der Waals surface area contributed by atoms with E-state index in [-0.39, 0.29) is 39.8 Å². The maximum atomic E-state index is 12.7. The van der Waals surface area contributed by atoms with Gasteiger partial charge in [0.25, 0.3) is 11.8 Å². The number of esters is 2. The summed E-state index contributed by atoms with van der Waals surface area (Å²) < 4.78 is 15.2. The van der Waals surface area contributed by atoms with Crippen LogP contribution in [0.15, 0.2) is 30.3 Å². The molecule has 34 heavy (non-hydrogen) atoms. The van der Waals surface area contributed by atoms with Crippen molar-refractivity contribution in [3.63, 3.8) is 0 Å². The van der Waals surface area contributed by atoms with Gasteiger partial charge in [-0.3, -0.25) is 14.6 Å². The highest BCUT2D eigenvalue weighted by Gasteiger charge is 2.26. The van der Waals surface area contributed by atoms with Gasteiger partial charge in [-0.25, -0.2) is 9.59 Å². The number of benzene rings is 1. The van der Waals surface area contributed by atoms with E-state index < -0.39 is 30.4 Å². The number of para-hydroxylation sites is 1. The summed E-state index contributed by atoms with van der Waals surface area (Å²) >= 11 is 0.837. The van der Waals surface area contributed by atoms with E-state index in [1.807, 2.05) is 0 Å². The monoisotopic (exact) mass is 485 g/mol. The van der Waals surface area contributed by atoms with Crippen LogP contribution in [0.3, 0.4) is 0 Å². The Labute approximate surface area is 199 Å². The molecule has 0 aliphatic carbocycles. The Kier molecular flexibility index (Phi) is 7.92. The van der Waals surface area contributed by atoms with E-state index >= 15 is 0 Å². The third-order valence-electron chi connectivity index (χ3n) is 4.75. The van der Waals surface area contributed by atoms with Crippen LogP contribution in [-0.2, 0) is 19.0 Å². The van der Waals surface area contributed by atoms with E-state index in [0.29, 0.717) is 16.6 Å². The molecule has 2 amide bonds. The zero-order chi connectivity index (χ0) is 24.8. The number of methoxy groups -OCH3 is 1.